The Balaban J connectivity index is 2.05. The first-order valence-electron chi connectivity index (χ1n) is 6.00. The second-order valence-corrected chi connectivity index (χ2v) is 6.05. The highest BCUT2D eigenvalue weighted by Gasteiger charge is 2.31. The summed E-state index contributed by atoms with van der Waals surface area (Å²) in [4.78, 5) is 35.1. The number of hydrogen-bond acceptors (Lipinski definition) is 6. The molecule has 1 atom stereocenters. The van der Waals surface area contributed by atoms with Gasteiger partial charge < -0.3 is 15.4 Å². The van der Waals surface area contributed by atoms with Crippen LogP contribution in [-0.2, 0) is 14.3 Å². The number of para-hydroxylation sites is 1. The monoisotopic (exact) mass is 324 g/mol. The molecule has 0 aromatic heterocycles. The van der Waals surface area contributed by atoms with Crippen LogP contribution in [0, 0.1) is 0 Å². The molecule has 1 saturated heterocycles. The van der Waals surface area contributed by atoms with E-state index in [1.165, 1.54) is 7.11 Å². The van der Waals surface area contributed by atoms with Gasteiger partial charge in [-0.2, -0.15) is 0 Å². The van der Waals surface area contributed by atoms with Gasteiger partial charge in [-0.05, 0) is 12.1 Å². The second-order valence-electron chi connectivity index (χ2n) is 4.17. The van der Waals surface area contributed by atoms with E-state index in [-0.39, 0.29) is 23.8 Å². The molecule has 21 heavy (non-hydrogen) atoms. The molecule has 1 aliphatic rings. The SMILES string of the molecule is COC(=O)c1ccccc1NC(=O)CC1SC(=S)NC1=O. The Morgan fingerprint density at radius 3 is 2.76 bits per heavy atom. The first-order chi connectivity index (χ1) is 10.0. The first-order valence-corrected chi connectivity index (χ1v) is 7.28. The number of amides is 2. The Kier molecular flexibility index (Phi) is 4.92. The van der Waals surface area contributed by atoms with E-state index in [9.17, 15) is 14.4 Å². The highest BCUT2D eigenvalue weighted by molar-refractivity contribution is 8.24. The molecule has 1 aliphatic heterocycles. The summed E-state index contributed by atoms with van der Waals surface area (Å²) in [5.74, 6) is -1.19. The maximum absolute atomic E-state index is 12.0. The molecule has 8 heteroatoms. The molecule has 2 rings (SSSR count). The van der Waals surface area contributed by atoms with Crippen molar-refractivity contribution in [2.45, 2.75) is 11.7 Å². The van der Waals surface area contributed by atoms with Crippen molar-refractivity contribution in [3.63, 3.8) is 0 Å². The molecule has 0 saturated carbocycles. The molecule has 1 fully saturated rings. The molecule has 1 heterocycles. The van der Waals surface area contributed by atoms with Crippen LogP contribution in [0.15, 0.2) is 24.3 Å². The van der Waals surface area contributed by atoms with Gasteiger partial charge in [0.1, 0.15) is 4.32 Å². The summed E-state index contributed by atoms with van der Waals surface area (Å²) < 4.78 is 5.02. The summed E-state index contributed by atoms with van der Waals surface area (Å²) in [5, 5.41) is 4.55. The predicted molar refractivity (Wildman–Crippen MR) is 83.1 cm³/mol. The van der Waals surface area contributed by atoms with Crippen LogP contribution < -0.4 is 10.6 Å². The zero-order valence-electron chi connectivity index (χ0n) is 11.0. The van der Waals surface area contributed by atoms with Gasteiger partial charge in [-0.25, -0.2) is 4.79 Å². The van der Waals surface area contributed by atoms with Crippen molar-refractivity contribution in [2.24, 2.45) is 0 Å². The summed E-state index contributed by atoms with van der Waals surface area (Å²) in [6, 6.07) is 6.50. The van der Waals surface area contributed by atoms with Gasteiger partial charge in [0.15, 0.2) is 0 Å². The van der Waals surface area contributed by atoms with Crippen LogP contribution in [0.2, 0.25) is 0 Å². The molecule has 1 aromatic carbocycles. The van der Waals surface area contributed by atoms with Crippen LogP contribution in [0.4, 0.5) is 5.69 Å². The number of ether oxygens (including phenoxy) is 1. The minimum Gasteiger partial charge on any atom is -0.465 e. The summed E-state index contributed by atoms with van der Waals surface area (Å²) in [7, 11) is 1.27. The lowest BCUT2D eigenvalue weighted by Crippen LogP contribution is -2.27. The van der Waals surface area contributed by atoms with Crippen molar-refractivity contribution < 1.29 is 19.1 Å². The fraction of sp³-hybridized carbons (Fsp3) is 0.231. The number of thiocarbonyl (C=S) groups is 1. The van der Waals surface area contributed by atoms with Gasteiger partial charge in [0.05, 0.1) is 23.6 Å². The number of thioether (sulfide) groups is 1. The minimum atomic E-state index is -0.542. The quantitative estimate of drug-likeness (QED) is 0.642. The molecule has 1 aromatic rings. The van der Waals surface area contributed by atoms with Crippen molar-refractivity contribution >= 4 is 51.8 Å². The van der Waals surface area contributed by atoms with Gasteiger partial charge in [0.25, 0.3) is 0 Å². The molecule has 1 unspecified atom stereocenters. The summed E-state index contributed by atoms with van der Waals surface area (Å²) in [5.41, 5.74) is 0.604. The van der Waals surface area contributed by atoms with E-state index in [2.05, 4.69) is 15.4 Å². The van der Waals surface area contributed by atoms with Gasteiger partial charge in [-0.1, -0.05) is 36.1 Å². The third kappa shape index (κ3) is 3.79. The number of carbonyl (C=O) groups is 3. The van der Waals surface area contributed by atoms with E-state index < -0.39 is 11.2 Å². The molecule has 0 bridgehead atoms. The Hall–Kier alpha value is -1.93. The third-order valence-electron chi connectivity index (χ3n) is 2.74. The Bertz CT molecular complexity index is 618. The lowest BCUT2D eigenvalue weighted by molar-refractivity contribution is -0.122. The standard InChI is InChI=1S/C13H12N2O4S2/c1-19-12(18)7-4-2-3-5-8(7)14-10(16)6-9-11(17)15-13(20)21-9/h2-5,9H,6H2,1H3,(H,14,16)(H,15,17,20). The maximum Gasteiger partial charge on any atom is 0.339 e. The van der Waals surface area contributed by atoms with Crippen molar-refractivity contribution in [3.05, 3.63) is 29.8 Å². The van der Waals surface area contributed by atoms with Crippen LogP contribution in [0.1, 0.15) is 16.8 Å². The van der Waals surface area contributed by atoms with Gasteiger partial charge in [-0.3, -0.25) is 9.59 Å². The Labute approximate surface area is 130 Å². The number of anilines is 1. The molecule has 0 aliphatic carbocycles. The van der Waals surface area contributed by atoms with E-state index >= 15 is 0 Å². The van der Waals surface area contributed by atoms with Crippen LogP contribution in [0.3, 0.4) is 0 Å². The smallest absolute Gasteiger partial charge is 0.339 e. The average Bonchev–Trinajstić information content (AvgIpc) is 2.76. The largest absolute Gasteiger partial charge is 0.465 e. The number of hydrogen-bond donors (Lipinski definition) is 2. The van der Waals surface area contributed by atoms with Gasteiger partial charge in [-0.15, -0.1) is 0 Å². The van der Waals surface area contributed by atoms with Crippen molar-refractivity contribution in [3.8, 4) is 0 Å². The first kappa shape index (κ1) is 15.5. The summed E-state index contributed by atoms with van der Waals surface area (Å²) in [6.45, 7) is 0. The molecular formula is C13H12N2O4S2. The molecule has 110 valence electrons. The fourth-order valence-corrected chi connectivity index (χ4v) is 3.04. The van der Waals surface area contributed by atoms with Gasteiger partial charge in [0, 0.05) is 6.42 Å². The van der Waals surface area contributed by atoms with E-state index in [0.717, 1.165) is 11.8 Å². The maximum atomic E-state index is 12.0. The zero-order valence-corrected chi connectivity index (χ0v) is 12.7. The second kappa shape index (κ2) is 6.68. The van der Waals surface area contributed by atoms with Gasteiger partial charge in [0.2, 0.25) is 11.8 Å². The Morgan fingerprint density at radius 1 is 1.43 bits per heavy atom. The van der Waals surface area contributed by atoms with Crippen LogP contribution in [-0.4, -0.2) is 34.5 Å². The topological polar surface area (TPSA) is 84.5 Å². The highest BCUT2D eigenvalue weighted by Crippen LogP contribution is 2.23. The zero-order chi connectivity index (χ0) is 15.4. The predicted octanol–water partition coefficient (Wildman–Crippen LogP) is 1.32. The molecule has 0 spiro atoms. The number of benzene rings is 1. The number of esters is 1. The Morgan fingerprint density at radius 2 is 2.14 bits per heavy atom. The fourth-order valence-electron chi connectivity index (χ4n) is 1.78. The van der Waals surface area contributed by atoms with E-state index in [4.69, 9.17) is 12.2 Å². The number of methoxy groups -OCH3 is 1. The molecule has 2 N–H and O–H groups in total. The molecule has 0 radical (unpaired) electrons. The number of nitrogens with one attached hydrogen (secondary N) is 2. The van der Waals surface area contributed by atoms with Crippen molar-refractivity contribution in [1.82, 2.24) is 5.32 Å². The van der Waals surface area contributed by atoms with Crippen LogP contribution in [0.5, 0.6) is 0 Å². The van der Waals surface area contributed by atoms with E-state index in [1.54, 1.807) is 24.3 Å². The molecule has 6 nitrogen and oxygen atoms in total. The third-order valence-corrected chi connectivity index (χ3v) is 4.12. The lowest BCUT2D eigenvalue weighted by atomic mass is 10.1. The summed E-state index contributed by atoms with van der Waals surface area (Å²) >= 11 is 6.01. The van der Waals surface area contributed by atoms with Crippen molar-refractivity contribution in [1.29, 1.82) is 0 Å². The molecular weight excluding hydrogens is 312 g/mol. The minimum absolute atomic E-state index is 0.0217. The number of carbonyl (C=O) groups excluding carboxylic acids is 3. The molecule has 2 amide bonds. The number of rotatable bonds is 4. The summed E-state index contributed by atoms with van der Waals surface area (Å²) in [6.07, 6.45) is -0.0217. The van der Waals surface area contributed by atoms with Crippen LogP contribution in [0.25, 0.3) is 0 Å². The van der Waals surface area contributed by atoms with Gasteiger partial charge >= 0.3 is 5.97 Å². The van der Waals surface area contributed by atoms with E-state index in [0.29, 0.717) is 10.0 Å². The van der Waals surface area contributed by atoms with E-state index in [1.807, 2.05) is 0 Å². The normalized spacial score (nSPS) is 17.3. The highest BCUT2D eigenvalue weighted by atomic mass is 32.2. The average molecular weight is 324 g/mol. The van der Waals surface area contributed by atoms with Crippen molar-refractivity contribution in [2.75, 3.05) is 12.4 Å². The van der Waals surface area contributed by atoms with Crippen LogP contribution >= 0.6 is 24.0 Å². The lowest BCUT2D eigenvalue weighted by Gasteiger charge is -2.10.